The van der Waals surface area contributed by atoms with E-state index in [0.29, 0.717) is 11.3 Å². The Bertz CT molecular complexity index is 429. The SMILES string of the molecule is Cc1nn(C)cc1C1C(CNC2CC2)C1(C)C. The van der Waals surface area contributed by atoms with Crippen LogP contribution in [0, 0.1) is 18.3 Å². The highest BCUT2D eigenvalue weighted by Gasteiger charge is 2.58. The number of rotatable bonds is 4. The van der Waals surface area contributed by atoms with Crippen LogP contribution in [-0.4, -0.2) is 22.4 Å². The predicted molar refractivity (Wildman–Crippen MR) is 69.0 cm³/mol. The van der Waals surface area contributed by atoms with E-state index in [1.165, 1.54) is 30.6 Å². The van der Waals surface area contributed by atoms with E-state index >= 15 is 0 Å². The minimum atomic E-state index is 0.440. The fourth-order valence-corrected chi connectivity index (χ4v) is 3.25. The van der Waals surface area contributed by atoms with Crippen molar-refractivity contribution in [3.8, 4) is 0 Å². The van der Waals surface area contributed by atoms with Gasteiger partial charge in [-0.2, -0.15) is 5.10 Å². The molecule has 1 aromatic rings. The van der Waals surface area contributed by atoms with Crippen LogP contribution in [0.5, 0.6) is 0 Å². The summed E-state index contributed by atoms with van der Waals surface area (Å²) < 4.78 is 1.95. The standard InChI is InChI=1S/C14H23N3/c1-9-11(8-17(4)16-9)13-12(14(13,2)3)7-15-10-5-6-10/h8,10,12-13,15H,5-7H2,1-4H3. The molecule has 0 amide bonds. The highest BCUT2D eigenvalue weighted by Crippen LogP contribution is 2.64. The normalized spacial score (nSPS) is 30.6. The third-order valence-electron chi connectivity index (χ3n) is 4.64. The van der Waals surface area contributed by atoms with Gasteiger partial charge in [0.2, 0.25) is 0 Å². The van der Waals surface area contributed by atoms with Crippen molar-refractivity contribution in [2.45, 2.75) is 45.6 Å². The van der Waals surface area contributed by atoms with Crippen LogP contribution in [-0.2, 0) is 7.05 Å². The summed E-state index contributed by atoms with van der Waals surface area (Å²) in [6.45, 7) is 8.10. The van der Waals surface area contributed by atoms with Crippen molar-refractivity contribution in [3.63, 3.8) is 0 Å². The van der Waals surface area contributed by atoms with E-state index in [4.69, 9.17) is 0 Å². The molecule has 2 atom stereocenters. The van der Waals surface area contributed by atoms with Crippen molar-refractivity contribution < 1.29 is 0 Å². The van der Waals surface area contributed by atoms with Crippen molar-refractivity contribution >= 4 is 0 Å². The highest BCUT2D eigenvalue weighted by atomic mass is 15.3. The molecule has 3 nitrogen and oxygen atoms in total. The van der Waals surface area contributed by atoms with Crippen molar-refractivity contribution in [1.29, 1.82) is 0 Å². The molecule has 1 aromatic heterocycles. The summed E-state index contributed by atoms with van der Waals surface area (Å²) in [7, 11) is 2.02. The minimum Gasteiger partial charge on any atom is -0.314 e. The van der Waals surface area contributed by atoms with Gasteiger partial charge in [0.1, 0.15) is 0 Å². The number of nitrogens with one attached hydrogen (secondary N) is 1. The largest absolute Gasteiger partial charge is 0.314 e. The molecule has 17 heavy (non-hydrogen) atoms. The molecule has 2 fully saturated rings. The van der Waals surface area contributed by atoms with Crippen LogP contribution in [0.4, 0.5) is 0 Å². The van der Waals surface area contributed by atoms with Gasteiger partial charge in [-0.15, -0.1) is 0 Å². The first-order valence-electron chi connectivity index (χ1n) is 6.73. The van der Waals surface area contributed by atoms with Gasteiger partial charge in [-0.05, 0) is 49.1 Å². The molecular formula is C14H23N3. The zero-order valence-corrected chi connectivity index (χ0v) is 11.3. The van der Waals surface area contributed by atoms with Gasteiger partial charge >= 0.3 is 0 Å². The molecule has 1 N–H and O–H groups in total. The first kappa shape index (κ1) is 11.3. The van der Waals surface area contributed by atoms with E-state index in [-0.39, 0.29) is 0 Å². The average Bonchev–Trinajstić information content (AvgIpc) is 3.08. The van der Waals surface area contributed by atoms with Crippen molar-refractivity contribution in [3.05, 3.63) is 17.5 Å². The summed E-state index contributed by atoms with van der Waals surface area (Å²) in [5.74, 6) is 1.48. The Balaban J connectivity index is 1.72. The van der Waals surface area contributed by atoms with Gasteiger partial charge < -0.3 is 5.32 Å². The lowest BCUT2D eigenvalue weighted by molar-refractivity contribution is 0.517. The van der Waals surface area contributed by atoms with Gasteiger partial charge in [0.25, 0.3) is 0 Å². The van der Waals surface area contributed by atoms with Crippen LogP contribution in [0.1, 0.15) is 43.9 Å². The van der Waals surface area contributed by atoms with Gasteiger partial charge in [0.15, 0.2) is 0 Å². The predicted octanol–water partition coefficient (Wildman–Crippen LogP) is 2.22. The van der Waals surface area contributed by atoms with E-state index in [0.717, 1.165) is 12.0 Å². The second-order valence-electron chi connectivity index (χ2n) is 6.43. The Morgan fingerprint density at radius 1 is 1.47 bits per heavy atom. The second-order valence-corrected chi connectivity index (χ2v) is 6.43. The molecule has 2 aliphatic rings. The quantitative estimate of drug-likeness (QED) is 0.864. The fraction of sp³-hybridized carbons (Fsp3) is 0.786. The van der Waals surface area contributed by atoms with Crippen LogP contribution in [0.15, 0.2) is 6.20 Å². The summed E-state index contributed by atoms with van der Waals surface area (Å²) in [5.41, 5.74) is 3.11. The van der Waals surface area contributed by atoms with Crippen LogP contribution in [0.25, 0.3) is 0 Å². The van der Waals surface area contributed by atoms with Crippen molar-refractivity contribution in [2.75, 3.05) is 6.54 Å². The van der Waals surface area contributed by atoms with Crippen LogP contribution in [0.3, 0.4) is 0 Å². The van der Waals surface area contributed by atoms with E-state index in [1.807, 2.05) is 11.7 Å². The van der Waals surface area contributed by atoms with Crippen molar-refractivity contribution in [1.82, 2.24) is 15.1 Å². The Labute approximate surface area is 104 Å². The molecular weight excluding hydrogens is 210 g/mol. The van der Waals surface area contributed by atoms with Gasteiger partial charge in [-0.1, -0.05) is 13.8 Å². The lowest BCUT2D eigenvalue weighted by Gasteiger charge is -2.03. The first-order chi connectivity index (χ1) is 8.00. The molecule has 0 radical (unpaired) electrons. The van der Waals surface area contributed by atoms with Gasteiger partial charge in [0.05, 0.1) is 5.69 Å². The minimum absolute atomic E-state index is 0.440. The van der Waals surface area contributed by atoms with Crippen LogP contribution < -0.4 is 5.32 Å². The third kappa shape index (κ3) is 1.90. The zero-order valence-electron chi connectivity index (χ0n) is 11.3. The van der Waals surface area contributed by atoms with Crippen molar-refractivity contribution in [2.24, 2.45) is 18.4 Å². The lowest BCUT2D eigenvalue weighted by atomic mass is 10.0. The van der Waals surface area contributed by atoms with Crippen LogP contribution in [0.2, 0.25) is 0 Å². The lowest BCUT2D eigenvalue weighted by Crippen LogP contribution is -2.20. The maximum absolute atomic E-state index is 4.48. The molecule has 0 bridgehead atoms. The van der Waals surface area contributed by atoms with Crippen LogP contribution >= 0.6 is 0 Å². The molecule has 2 aliphatic carbocycles. The van der Waals surface area contributed by atoms with Gasteiger partial charge in [-0.3, -0.25) is 4.68 Å². The van der Waals surface area contributed by atoms with E-state index in [2.05, 4.69) is 37.4 Å². The first-order valence-corrected chi connectivity index (χ1v) is 6.73. The van der Waals surface area contributed by atoms with E-state index < -0.39 is 0 Å². The average molecular weight is 233 g/mol. The molecule has 3 heteroatoms. The second kappa shape index (κ2) is 3.58. The maximum atomic E-state index is 4.48. The van der Waals surface area contributed by atoms with Gasteiger partial charge in [-0.25, -0.2) is 0 Å². The summed E-state index contributed by atoms with van der Waals surface area (Å²) >= 11 is 0. The smallest absolute Gasteiger partial charge is 0.0628 e. The van der Waals surface area contributed by atoms with E-state index in [9.17, 15) is 0 Å². The number of hydrogen-bond donors (Lipinski definition) is 1. The Kier molecular flexibility index (Phi) is 2.37. The molecule has 0 spiro atoms. The zero-order chi connectivity index (χ0) is 12.2. The van der Waals surface area contributed by atoms with Gasteiger partial charge in [0, 0.05) is 19.3 Å². The summed E-state index contributed by atoms with van der Waals surface area (Å²) in [6.07, 6.45) is 4.96. The molecule has 0 aromatic carbocycles. The topological polar surface area (TPSA) is 29.9 Å². The molecule has 94 valence electrons. The maximum Gasteiger partial charge on any atom is 0.0628 e. The molecule has 2 unspecified atom stereocenters. The molecule has 2 saturated carbocycles. The Morgan fingerprint density at radius 2 is 2.18 bits per heavy atom. The number of hydrogen-bond acceptors (Lipinski definition) is 2. The molecule has 3 rings (SSSR count). The number of nitrogens with zero attached hydrogens (tertiary/aromatic N) is 2. The Hall–Kier alpha value is -0.830. The van der Waals surface area contributed by atoms with E-state index in [1.54, 1.807) is 0 Å². The molecule has 0 aliphatic heterocycles. The number of aromatic nitrogens is 2. The molecule has 1 heterocycles. The summed E-state index contributed by atoms with van der Waals surface area (Å²) in [6, 6.07) is 0.821. The monoisotopic (exact) mass is 233 g/mol. The summed E-state index contributed by atoms with van der Waals surface area (Å²) in [4.78, 5) is 0. The number of aryl methyl sites for hydroxylation is 2. The third-order valence-corrected chi connectivity index (χ3v) is 4.64. The summed E-state index contributed by atoms with van der Waals surface area (Å²) in [5, 5.41) is 8.15. The molecule has 0 saturated heterocycles. The highest BCUT2D eigenvalue weighted by molar-refractivity contribution is 5.33. The Morgan fingerprint density at radius 3 is 2.71 bits per heavy atom. The fourth-order valence-electron chi connectivity index (χ4n) is 3.25.